The molecule has 0 saturated heterocycles. The molecule has 29 heavy (non-hydrogen) atoms. The van der Waals surface area contributed by atoms with Crippen LogP contribution in [0.4, 0.5) is 4.39 Å². The van der Waals surface area contributed by atoms with Crippen molar-refractivity contribution in [2.45, 2.75) is 24.7 Å². The van der Waals surface area contributed by atoms with Gasteiger partial charge in [0.25, 0.3) is 0 Å². The quantitative estimate of drug-likeness (QED) is 0.521. The summed E-state index contributed by atoms with van der Waals surface area (Å²) in [6.45, 7) is 1.83. The molecule has 11 heteroatoms. The lowest BCUT2D eigenvalue weighted by Crippen LogP contribution is -2.37. The van der Waals surface area contributed by atoms with Crippen LogP contribution in [0.25, 0.3) is 5.65 Å². The van der Waals surface area contributed by atoms with E-state index in [1.165, 1.54) is 0 Å². The maximum Gasteiger partial charge on any atom is 0.241 e. The first kappa shape index (κ1) is 21.2. The number of amides is 1. The summed E-state index contributed by atoms with van der Waals surface area (Å²) in [6.07, 6.45) is 4.99. The van der Waals surface area contributed by atoms with Crippen molar-refractivity contribution in [1.82, 2.24) is 24.6 Å². The molecule has 154 valence electrons. The third-order valence-electron chi connectivity index (χ3n) is 4.08. The number of aromatic nitrogens is 3. The minimum atomic E-state index is -3.97. The highest BCUT2D eigenvalue weighted by Crippen LogP contribution is 2.19. The van der Waals surface area contributed by atoms with Gasteiger partial charge in [-0.05, 0) is 43.5 Å². The summed E-state index contributed by atoms with van der Waals surface area (Å²) in [4.78, 5) is 16.0. The number of fused-ring (bicyclic) bond motifs is 1. The Morgan fingerprint density at radius 1 is 1.31 bits per heavy atom. The fraction of sp³-hybridized carbons (Fsp3) is 0.278. The normalized spacial score (nSPS) is 11.7. The smallest absolute Gasteiger partial charge is 0.241 e. The van der Waals surface area contributed by atoms with Crippen LogP contribution in [0.5, 0.6) is 0 Å². The van der Waals surface area contributed by atoms with Crippen LogP contribution >= 0.6 is 11.6 Å². The Morgan fingerprint density at radius 2 is 2.10 bits per heavy atom. The van der Waals surface area contributed by atoms with E-state index in [-0.39, 0.29) is 9.92 Å². The number of hydrogen-bond donors (Lipinski definition) is 2. The third-order valence-corrected chi connectivity index (χ3v) is 5.77. The number of benzene rings is 1. The number of halogens is 2. The second-order valence-electron chi connectivity index (χ2n) is 6.40. The van der Waals surface area contributed by atoms with E-state index in [9.17, 15) is 17.6 Å². The van der Waals surface area contributed by atoms with Crippen LogP contribution in [0.1, 0.15) is 17.7 Å². The van der Waals surface area contributed by atoms with Gasteiger partial charge in [0.1, 0.15) is 5.82 Å². The Balaban J connectivity index is 1.43. The Morgan fingerprint density at radius 3 is 2.86 bits per heavy atom. The number of rotatable bonds is 8. The molecule has 0 aliphatic carbocycles. The van der Waals surface area contributed by atoms with Crippen molar-refractivity contribution < 1.29 is 17.6 Å². The zero-order valence-electron chi connectivity index (χ0n) is 15.5. The molecule has 2 heterocycles. The molecule has 2 aromatic heterocycles. The van der Waals surface area contributed by atoms with Gasteiger partial charge >= 0.3 is 0 Å². The number of aryl methyl sites for hydroxylation is 2. The van der Waals surface area contributed by atoms with Gasteiger partial charge in [0.05, 0.1) is 22.2 Å². The van der Waals surface area contributed by atoms with Crippen molar-refractivity contribution in [1.29, 1.82) is 0 Å². The summed E-state index contributed by atoms with van der Waals surface area (Å²) >= 11 is 5.59. The summed E-state index contributed by atoms with van der Waals surface area (Å²) in [7, 11) is -3.97. The van der Waals surface area contributed by atoms with Gasteiger partial charge in [-0.25, -0.2) is 27.0 Å². The number of carbonyl (C=O) groups is 1. The number of sulfonamides is 1. The second-order valence-corrected chi connectivity index (χ2v) is 8.58. The molecule has 0 aliphatic rings. The molecule has 0 saturated carbocycles. The van der Waals surface area contributed by atoms with E-state index >= 15 is 0 Å². The molecule has 0 radical (unpaired) electrons. The van der Waals surface area contributed by atoms with Crippen LogP contribution in [-0.2, 0) is 21.2 Å². The van der Waals surface area contributed by atoms with Crippen LogP contribution in [0.2, 0.25) is 5.02 Å². The number of nitrogens with zero attached hydrogens (tertiary/aromatic N) is 3. The van der Waals surface area contributed by atoms with Crippen molar-refractivity contribution in [3.8, 4) is 0 Å². The Bertz CT molecular complexity index is 1150. The number of carbonyl (C=O) groups excluding carboxylic acids is 1. The summed E-state index contributed by atoms with van der Waals surface area (Å²) in [5.74, 6) is -1.20. The highest BCUT2D eigenvalue weighted by Gasteiger charge is 2.17. The minimum absolute atomic E-state index is 0.214. The van der Waals surface area contributed by atoms with E-state index in [1.807, 2.05) is 19.2 Å². The average Bonchev–Trinajstić information content (AvgIpc) is 3.05. The first-order valence-electron chi connectivity index (χ1n) is 8.77. The van der Waals surface area contributed by atoms with Gasteiger partial charge in [0.2, 0.25) is 15.9 Å². The largest absolute Gasteiger partial charge is 0.355 e. The zero-order chi connectivity index (χ0) is 21.0. The lowest BCUT2D eigenvalue weighted by Gasteiger charge is -2.08. The summed E-state index contributed by atoms with van der Waals surface area (Å²) in [6, 6.07) is 4.90. The number of nitrogens with one attached hydrogen (secondary N) is 2. The predicted octanol–water partition coefficient (Wildman–Crippen LogP) is 1.86. The van der Waals surface area contributed by atoms with E-state index in [4.69, 9.17) is 11.6 Å². The molecule has 1 aromatic carbocycles. The van der Waals surface area contributed by atoms with Crippen molar-refractivity contribution in [3.63, 3.8) is 0 Å². The third kappa shape index (κ3) is 5.49. The number of hydrogen-bond acceptors (Lipinski definition) is 5. The predicted molar refractivity (Wildman–Crippen MR) is 106 cm³/mol. The van der Waals surface area contributed by atoms with Crippen molar-refractivity contribution in [2.24, 2.45) is 0 Å². The van der Waals surface area contributed by atoms with Crippen molar-refractivity contribution in [2.75, 3.05) is 13.1 Å². The molecule has 0 fully saturated rings. The monoisotopic (exact) mass is 439 g/mol. The maximum absolute atomic E-state index is 13.2. The SMILES string of the molecule is Cc1cc2ncc(CCCNC(=O)CNS(=O)(=O)c3ccc(F)c(Cl)c3)cn2n1. The van der Waals surface area contributed by atoms with Gasteiger partial charge in [-0.1, -0.05) is 11.6 Å². The Labute approximate surface area is 172 Å². The summed E-state index contributed by atoms with van der Waals surface area (Å²) in [5.41, 5.74) is 2.63. The molecule has 0 atom stereocenters. The average molecular weight is 440 g/mol. The summed E-state index contributed by atoms with van der Waals surface area (Å²) < 4.78 is 41.3. The van der Waals surface area contributed by atoms with Crippen LogP contribution in [-0.4, -0.2) is 42.0 Å². The van der Waals surface area contributed by atoms with Crippen LogP contribution in [0.3, 0.4) is 0 Å². The van der Waals surface area contributed by atoms with E-state index < -0.39 is 28.3 Å². The van der Waals surface area contributed by atoms with Gasteiger partial charge in [-0.2, -0.15) is 5.10 Å². The van der Waals surface area contributed by atoms with Crippen LogP contribution in [0, 0.1) is 12.7 Å². The lowest BCUT2D eigenvalue weighted by atomic mass is 10.2. The molecule has 0 spiro atoms. The maximum atomic E-state index is 13.2. The molecular formula is C18H19ClFN5O3S. The zero-order valence-corrected chi connectivity index (χ0v) is 17.1. The topological polar surface area (TPSA) is 105 Å². The first-order chi connectivity index (χ1) is 13.7. The van der Waals surface area contributed by atoms with Crippen LogP contribution < -0.4 is 10.0 Å². The van der Waals surface area contributed by atoms with Gasteiger partial charge in [0.15, 0.2) is 5.65 Å². The van der Waals surface area contributed by atoms with Crippen molar-refractivity contribution in [3.05, 3.63) is 58.8 Å². The molecule has 3 aromatic rings. The Kier molecular flexibility index (Phi) is 6.46. The summed E-state index contributed by atoms with van der Waals surface area (Å²) in [5, 5.41) is 6.64. The first-order valence-corrected chi connectivity index (χ1v) is 10.6. The fourth-order valence-corrected chi connectivity index (χ4v) is 3.89. The van der Waals surface area contributed by atoms with Crippen molar-refractivity contribution >= 4 is 33.2 Å². The molecular weight excluding hydrogens is 421 g/mol. The lowest BCUT2D eigenvalue weighted by molar-refractivity contribution is -0.119. The van der Waals surface area contributed by atoms with Gasteiger partial charge in [-0.15, -0.1) is 0 Å². The van der Waals surface area contributed by atoms with E-state index in [0.717, 1.165) is 35.1 Å². The highest BCUT2D eigenvalue weighted by atomic mass is 35.5. The van der Waals surface area contributed by atoms with Gasteiger partial charge in [0, 0.05) is 25.0 Å². The molecule has 2 N–H and O–H groups in total. The van der Waals surface area contributed by atoms with E-state index in [1.54, 1.807) is 10.7 Å². The fourth-order valence-electron chi connectivity index (χ4n) is 2.63. The van der Waals surface area contributed by atoms with Gasteiger partial charge in [-0.3, -0.25) is 4.79 Å². The molecule has 0 aliphatic heterocycles. The molecule has 8 nitrogen and oxygen atoms in total. The minimum Gasteiger partial charge on any atom is -0.355 e. The van der Waals surface area contributed by atoms with Gasteiger partial charge < -0.3 is 5.32 Å². The van der Waals surface area contributed by atoms with Crippen LogP contribution in [0.15, 0.2) is 41.6 Å². The van der Waals surface area contributed by atoms with E-state index in [0.29, 0.717) is 19.4 Å². The second kappa shape index (κ2) is 8.85. The Hall–Kier alpha value is -2.56. The molecule has 0 bridgehead atoms. The highest BCUT2D eigenvalue weighted by molar-refractivity contribution is 7.89. The molecule has 1 amide bonds. The molecule has 0 unspecified atom stereocenters. The molecule has 3 rings (SSSR count). The van der Waals surface area contributed by atoms with E-state index in [2.05, 4.69) is 20.1 Å². The standard InChI is InChI=1S/C18H19ClFN5O3S/c1-12-7-17-22-9-13(11-25(17)24-12)3-2-6-21-18(26)10-23-29(27,28)14-4-5-16(20)15(19)8-14/h4-5,7-9,11,23H,2-3,6,10H2,1H3,(H,21,26).